The summed E-state index contributed by atoms with van der Waals surface area (Å²) < 4.78 is 0. The predicted octanol–water partition coefficient (Wildman–Crippen LogP) is 6.24. The average Bonchev–Trinajstić information content (AvgIpc) is 3.47. The fourth-order valence-corrected chi connectivity index (χ4v) is 12.3. The zero-order valence-electron chi connectivity index (χ0n) is 15.3. The average molecular weight is 321 g/mol. The van der Waals surface area contributed by atoms with Crippen LogP contribution in [-0.4, -0.2) is 0 Å². The second-order valence-electron chi connectivity index (χ2n) is 12.7. The second-order valence-corrected chi connectivity index (χ2v) is 12.7. The molecule has 9 rings (SSSR count). The first-order valence-corrected chi connectivity index (χ1v) is 11.7. The first kappa shape index (κ1) is 12.4. The van der Waals surface area contributed by atoms with E-state index in [4.69, 9.17) is 0 Å². The zero-order chi connectivity index (χ0) is 15.3. The quantitative estimate of drug-likeness (QED) is 0.463. The minimum absolute atomic E-state index is 0.898. The number of fused-ring (bicyclic) bond motifs is 8. The first-order valence-electron chi connectivity index (χ1n) is 11.7. The van der Waals surface area contributed by atoms with Gasteiger partial charge in [0.2, 0.25) is 0 Å². The molecule has 0 aromatic rings. The van der Waals surface area contributed by atoms with Gasteiger partial charge in [-0.15, -0.1) is 0 Å². The minimum Gasteiger partial charge on any atom is -0.0459 e. The molecule has 0 heterocycles. The van der Waals surface area contributed by atoms with E-state index in [9.17, 15) is 0 Å². The summed E-state index contributed by atoms with van der Waals surface area (Å²) in [5.41, 5.74) is 7.18. The van der Waals surface area contributed by atoms with Gasteiger partial charge in [-0.25, -0.2) is 0 Å². The molecule has 24 heavy (non-hydrogen) atoms. The van der Waals surface area contributed by atoms with Crippen molar-refractivity contribution in [2.45, 2.75) is 103 Å². The fraction of sp³-hybridized carbons (Fsp3) is 1.00. The SMILES string of the molecule is C1CC12C1(CC1)C1(CC1)C1(CC1)C1(CC1)C1(CC1)C1(CC1)C21CC1. The Morgan fingerprint density at radius 3 is 0.292 bits per heavy atom. The Bertz CT molecular complexity index is 496. The highest BCUT2D eigenvalue weighted by Crippen LogP contribution is 3.07. The molecule has 0 atom stereocenters. The summed E-state index contributed by atoms with van der Waals surface area (Å²) >= 11 is 0. The van der Waals surface area contributed by atoms with Crippen LogP contribution in [0.4, 0.5) is 0 Å². The molecule has 0 bridgehead atoms. The smallest absolute Gasteiger partial charge is 0.0173 e. The third-order valence-electron chi connectivity index (χ3n) is 13.3. The number of rotatable bonds is 0. The van der Waals surface area contributed by atoms with Crippen LogP contribution < -0.4 is 0 Å². The fourth-order valence-electron chi connectivity index (χ4n) is 12.3. The lowest BCUT2D eigenvalue weighted by Crippen LogP contribution is -2.54. The maximum Gasteiger partial charge on any atom is -0.0173 e. The lowest BCUT2D eigenvalue weighted by Gasteiger charge is -2.58. The molecule has 0 heteroatoms. The van der Waals surface area contributed by atoms with Crippen molar-refractivity contribution in [1.82, 2.24) is 0 Å². The van der Waals surface area contributed by atoms with E-state index >= 15 is 0 Å². The van der Waals surface area contributed by atoms with Crippen LogP contribution in [0.5, 0.6) is 0 Å². The van der Waals surface area contributed by atoms with Gasteiger partial charge in [-0.3, -0.25) is 0 Å². The molecule has 9 aliphatic rings. The van der Waals surface area contributed by atoms with E-state index in [0.717, 1.165) is 43.3 Å². The molecule has 0 amide bonds. The number of hydrogen-bond acceptors (Lipinski definition) is 0. The molecule has 0 nitrogen and oxygen atoms in total. The van der Waals surface area contributed by atoms with Crippen LogP contribution in [0.15, 0.2) is 0 Å². The van der Waals surface area contributed by atoms with Crippen molar-refractivity contribution in [2.75, 3.05) is 0 Å². The summed E-state index contributed by atoms with van der Waals surface area (Å²) in [4.78, 5) is 0. The van der Waals surface area contributed by atoms with Crippen molar-refractivity contribution < 1.29 is 0 Å². The van der Waals surface area contributed by atoms with E-state index in [1.54, 1.807) is 103 Å². The van der Waals surface area contributed by atoms with Crippen molar-refractivity contribution in [2.24, 2.45) is 43.3 Å². The summed E-state index contributed by atoms with van der Waals surface area (Å²) in [6.45, 7) is 0. The van der Waals surface area contributed by atoms with Gasteiger partial charge in [0.15, 0.2) is 0 Å². The van der Waals surface area contributed by atoms with E-state index in [0.29, 0.717) is 0 Å². The van der Waals surface area contributed by atoms with Crippen molar-refractivity contribution in [3.05, 3.63) is 0 Å². The third-order valence-corrected chi connectivity index (χ3v) is 13.3. The molecular weight excluding hydrogens is 288 g/mol. The van der Waals surface area contributed by atoms with E-state index in [1.807, 2.05) is 0 Å². The van der Waals surface area contributed by atoms with Crippen LogP contribution in [0, 0.1) is 43.3 Å². The van der Waals surface area contributed by atoms with Gasteiger partial charge in [-0.2, -0.15) is 0 Å². The molecule has 128 valence electrons. The number of hydrogen-bond donors (Lipinski definition) is 0. The summed E-state index contributed by atoms with van der Waals surface area (Å²) in [7, 11) is 0. The van der Waals surface area contributed by atoms with Crippen LogP contribution in [0.2, 0.25) is 0 Å². The van der Waals surface area contributed by atoms with Gasteiger partial charge in [0.25, 0.3) is 0 Å². The van der Waals surface area contributed by atoms with Crippen LogP contribution in [-0.2, 0) is 0 Å². The molecule has 0 saturated heterocycles. The normalized spacial score (nSPS) is 48.0. The van der Waals surface area contributed by atoms with Gasteiger partial charge in [-0.1, -0.05) is 0 Å². The predicted molar refractivity (Wildman–Crippen MR) is 93.3 cm³/mol. The van der Waals surface area contributed by atoms with Crippen LogP contribution in [0.3, 0.4) is 0 Å². The maximum atomic E-state index is 1.68. The molecule has 0 unspecified atom stereocenters. The van der Waals surface area contributed by atoms with Gasteiger partial charge in [0, 0.05) is 0 Å². The minimum atomic E-state index is 0.898. The largest absolute Gasteiger partial charge is 0.0459 e. The van der Waals surface area contributed by atoms with Gasteiger partial charge >= 0.3 is 0 Å². The Morgan fingerprint density at radius 2 is 0.250 bits per heavy atom. The van der Waals surface area contributed by atoms with Gasteiger partial charge in [-0.05, 0) is 146 Å². The monoisotopic (exact) mass is 320 g/mol. The molecule has 0 aliphatic heterocycles. The van der Waals surface area contributed by atoms with Crippen LogP contribution in [0.1, 0.15) is 103 Å². The molecule has 9 aliphatic carbocycles. The van der Waals surface area contributed by atoms with Crippen molar-refractivity contribution >= 4 is 0 Å². The lowest BCUT2D eigenvalue weighted by atomic mass is 9.45. The standard InChI is InChI=1S/C24H32/c1-2-17(1)18(3-4-18)20(7-8-20)22(11-12-22)24(15-16-24)23(13-14-23)21(9-10-21)19(17)5-6-19/h1-16H2. The summed E-state index contributed by atoms with van der Waals surface area (Å²) in [6.07, 6.45) is 26.8. The van der Waals surface area contributed by atoms with Crippen molar-refractivity contribution in [3.63, 3.8) is 0 Å². The zero-order valence-corrected chi connectivity index (χ0v) is 15.3. The molecule has 0 aromatic heterocycles. The molecule has 0 N–H and O–H groups in total. The molecule has 9 saturated carbocycles. The first-order chi connectivity index (χ1) is 11.7. The highest BCUT2D eigenvalue weighted by Gasteiger charge is 2.99. The Morgan fingerprint density at radius 1 is 0.167 bits per heavy atom. The highest BCUT2D eigenvalue weighted by atomic mass is 15.0. The topological polar surface area (TPSA) is 0 Å². The molecule has 8 spiro atoms. The Hall–Kier alpha value is 0. The van der Waals surface area contributed by atoms with E-state index < -0.39 is 0 Å². The summed E-state index contributed by atoms with van der Waals surface area (Å²) in [5.74, 6) is 0. The van der Waals surface area contributed by atoms with Crippen LogP contribution >= 0.6 is 0 Å². The molecule has 0 radical (unpaired) electrons. The maximum absolute atomic E-state index is 1.68. The van der Waals surface area contributed by atoms with Gasteiger partial charge in [0.05, 0.1) is 0 Å². The second kappa shape index (κ2) is 2.72. The lowest BCUT2D eigenvalue weighted by molar-refractivity contribution is -0.118. The van der Waals surface area contributed by atoms with E-state index in [1.165, 1.54) is 0 Å². The van der Waals surface area contributed by atoms with Gasteiger partial charge in [0.1, 0.15) is 0 Å². The Kier molecular flexibility index (Phi) is 1.40. The van der Waals surface area contributed by atoms with Crippen molar-refractivity contribution in [1.29, 1.82) is 0 Å². The summed E-state index contributed by atoms with van der Waals surface area (Å²) in [5, 5.41) is 0. The highest BCUT2D eigenvalue weighted by molar-refractivity contribution is 5.47. The van der Waals surface area contributed by atoms with E-state index in [-0.39, 0.29) is 0 Å². The van der Waals surface area contributed by atoms with E-state index in [2.05, 4.69) is 0 Å². The van der Waals surface area contributed by atoms with Crippen LogP contribution in [0.25, 0.3) is 0 Å². The molecular formula is C24H32. The molecule has 0 aromatic carbocycles. The van der Waals surface area contributed by atoms with Gasteiger partial charge < -0.3 is 0 Å². The summed E-state index contributed by atoms with van der Waals surface area (Å²) in [6, 6.07) is 0. The molecule has 9 fully saturated rings. The third kappa shape index (κ3) is 0.773. The Labute approximate surface area is 146 Å². The Balaban J connectivity index is 1.40. The van der Waals surface area contributed by atoms with Crippen molar-refractivity contribution in [3.8, 4) is 0 Å².